The molecule has 1 saturated carbocycles. The van der Waals surface area contributed by atoms with Gasteiger partial charge in [-0.2, -0.15) is 10.2 Å². The van der Waals surface area contributed by atoms with Crippen molar-refractivity contribution < 1.29 is 9.59 Å². The molecule has 1 aliphatic carbocycles. The van der Waals surface area contributed by atoms with E-state index < -0.39 is 0 Å². The van der Waals surface area contributed by atoms with Crippen molar-refractivity contribution in [1.29, 1.82) is 0 Å². The van der Waals surface area contributed by atoms with Crippen LogP contribution in [0.4, 0.5) is 5.82 Å². The maximum Gasteiger partial charge on any atom is 0.275 e. The number of aryl methyl sites for hydroxylation is 1. The van der Waals surface area contributed by atoms with Crippen molar-refractivity contribution >= 4 is 17.6 Å². The van der Waals surface area contributed by atoms with Gasteiger partial charge in [0.2, 0.25) is 0 Å². The molecule has 1 aliphatic heterocycles. The van der Waals surface area contributed by atoms with E-state index in [0.29, 0.717) is 17.4 Å². The number of carbonyl (C=O) groups is 2. The third kappa shape index (κ3) is 2.92. The van der Waals surface area contributed by atoms with Gasteiger partial charge in [0.15, 0.2) is 5.82 Å². The summed E-state index contributed by atoms with van der Waals surface area (Å²) in [6.07, 6.45) is 9.09. The molecule has 2 aromatic heterocycles. The predicted molar refractivity (Wildman–Crippen MR) is 91.4 cm³/mol. The molecule has 0 spiro atoms. The number of rotatable bonds is 4. The van der Waals surface area contributed by atoms with Crippen LogP contribution in [-0.4, -0.2) is 49.4 Å². The smallest absolute Gasteiger partial charge is 0.275 e. The van der Waals surface area contributed by atoms with Crippen molar-refractivity contribution in [3.63, 3.8) is 0 Å². The fourth-order valence-electron chi connectivity index (χ4n) is 3.51. The van der Waals surface area contributed by atoms with Crippen molar-refractivity contribution in [2.24, 2.45) is 7.05 Å². The number of anilines is 1. The molecule has 0 unspecified atom stereocenters. The van der Waals surface area contributed by atoms with Gasteiger partial charge in [-0.05, 0) is 19.3 Å². The molecule has 1 saturated heterocycles. The fourth-order valence-corrected chi connectivity index (χ4v) is 3.51. The second-order valence-electron chi connectivity index (χ2n) is 6.75. The number of hydrogen-bond donors (Lipinski definition) is 1. The predicted octanol–water partition coefficient (Wildman–Crippen LogP) is 1.83. The average Bonchev–Trinajstić information content (AvgIpc) is 3.24. The minimum atomic E-state index is -0.361. The molecule has 25 heavy (non-hydrogen) atoms. The number of likely N-dealkylation sites (tertiary alicyclic amines) is 1. The zero-order valence-electron chi connectivity index (χ0n) is 14.3. The molecule has 1 N–H and O–H groups in total. The van der Waals surface area contributed by atoms with Crippen molar-refractivity contribution in [3.8, 4) is 0 Å². The van der Waals surface area contributed by atoms with Crippen LogP contribution in [0.2, 0.25) is 0 Å². The highest BCUT2D eigenvalue weighted by molar-refractivity contribution is 6.10. The van der Waals surface area contributed by atoms with Gasteiger partial charge in [-0.1, -0.05) is 12.8 Å². The van der Waals surface area contributed by atoms with E-state index >= 15 is 0 Å². The summed E-state index contributed by atoms with van der Waals surface area (Å²) in [6, 6.07) is 2.22. The number of amides is 2. The van der Waals surface area contributed by atoms with Crippen molar-refractivity contribution in [2.45, 2.75) is 38.1 Å². The van der Waals surface area contributed by atoms with Crippen LogP contribution in [-0.2, 0) is 7.05 Å². The maximum absolute atomic E-state index is 12.7. The maximum atomic E-state index is 12.7. The van der Waals surface area contributed by atoms with Crippen LogP contribution in [0, 0.1) is 0 Å². The molecule has 2 aliphatic rings. The highest BCUT2D eigenvalue weighted by Gasteiger charge is 2.29. The van der Waals surface area contributed by atoms with Gasteiger partial charge in [0, 0.05) is 32.4 Å². The third-order valence-electron chi connectivity index (χ3n) is 5.08. The van der Waals surface area contributed by atoms with Crippen molar-refractivity contribution in [3.05, 3.63) is 29.7 Å². The molecule has 0 atom stereocenters. The van der Waals surface area contributed by atoms with Gasteiger partial charge < -0.3 is 10.2 Å². The minimum absolute atomic E-state index is 0.138. The molecular formula is C17H22N6O2. The summed E-state index contributed by atoms with van der Waals surface area (Å²) in [7, 11) is 1.67. The topological polar surface area (TPSA) is 85.0 Å². The molecule has 0 radical (unpaired) electrons. The second-order valence-corrected chi connectivity index (χ2v) is 6.75. The van der Waals surface area contributed by atoms with E-state index in [1.807, 2.05) is 10.9 Å². The first-order valence-corrected chi connectivity index (χ1v) is 8.81. The molecular weight excluding hydrogens is 320 g/mol. The van der Waals surface area contributed by atoms with Gasteiger partial charge in [0.25, 0.3) is 11.8 Å². The lowest BCUT2D eigenvalue weighted by Gasteiger charge is -2.30. The molecule has 2 amide bonds. The first-order valence-electron chi connectivity index (χ1n) is 8.81. The Bertz CT molecular complexity index is 798. The summed E-state index contributed by atoms with van der Waals surface area (Å²) in [6.45, 7) is 1.47. The van der Waals surface area contributed by atoms with Gasteiger partial charge in [-0.15, -0.1) is 0 Å². The van der Waals surface area contributed by atoms with Crippen LogP contribution in [0.3, 0.4) is 0 Å². The highest BCUT2D eigenvalue weighted by Crippen LogP contribution is 2.29. The zero-order chi connectivity index (χ0) is 17.4. The van der Waals surface area contributed by atoms with Gasteiger partial charge in [0.05, 0.1) is 17.8 Å². The Morgan fingerprint density at radius 2 is 1.96 bits per heavy atom. The Kier molecular flexibility index (Phi) is 4.03. The minimum Gasteiger partial charge on any atom is -0.338 e. The molecule has 132 valence electrons. The highest BCUT2D eigenvalue weighted by atomic mass is 16.2. The first-order chi connectivity index (χ1) is 12.1. The lowest BCUT2D eigenvalue weighted by atomic mass is 10.1. The Balaban J connectivity index is 1.51. The Morgan fingerprint density at radius 3 is 2.64 bits per heavy atom. The van der Waals surface area contributed by atoms with Crippen molar-refractivity contribution in [2.75, 3.05) is 18.4 Å². The van der Waals surface area contributed by atoms with Crippen LogP contribution in [0.15, 0.2) is 18.5 Å². The zero-order valence-corrected chi connectivity index (χ0v) is 14.3. The number of carbonyl (C=O) groups excluding carboxylic acids is 2. The van der Waals surface area contributed by atoms with Crippen LogP contribution in [0.25, 0.3) is 0 Å². The Hall–Kier alpha value is -2.64. The molecule has 2 aromatic rings. The number of nitrogens with zero attached hydrogens (tertiary/aromatic N) is 5. The third-order valence-corrected chi connectivity index (χ3v) is 5.08. The lowest BCUT2D eigenvalue weighted by molar-refractivity contribution is 0.0648. The summed E-state index contributed by atoms with van der Waals surface area (Å²) < 4.78 is 3.37. The molecule has 0 bridgehead atoms. The van der Waals surface area contributed by atoms with E-state index in [2.05, 4.69) is 15.5 Å². The molecule has 4 rings (SSSR count). The quantitative estimate of drug-likeness (QED) is 0.918. The van der Waals surface area contributed by atoms with E-state index in [9.17, 15) is 9.59 Å². The molecule has 8 nitrogen and oxygen atoms in total. The van der Waals surface area contributed by atoms with Gasteiger partial charge in [-0.25, -0.2) is 0 Å². The number of aromatic nitrogens is 4. The molecule has 0 aromatic carbocycles. The summed E-state index contributed by atoms with van der Waals surface area (Å²) in [5.41, 5.74) is 0.613. The average molecular weight is 342 g/mol. The number of hydrogen-bond acceptors (Lipinski definition) is 4. The second kappa shape index (κ2) is 6.34. The monoisotopic (exact) mass is 342 g/mol. The van der Waals surface area contributed by atoms with Crippen LogP contribution in [0.1, 0.15) is 59.0 Å². The van der Waals surface area contributed by atoms with Crippen molar-refractivity contribution in [1.82, 2.24) is 24.5 Å². The molecule has 8 heteroatoms. The van der Waals surface area contributed by atoms with E-state index in [0.717, 1.165) is 32.4 Å². The SMILES string of the molecule is Cn1ncc(C(=O)N2CCC2)c1C(=O)Nc1ccn(C2CCCC2)n1. The van der Waals surface area contributed by atoms with E-state index in [-0.39, 0.29) is 17.5 Å². The van der Waals surface area contributed by atoms with Gasteiger partial charge >= 0.3 is 0 Å². The molecule has 2 fully saturated rings. The lowest BCUT2D eigenvalue weighted by Crippen LogP contribution is -2.42. The number of nitrogens with one attached hydrogen (secondary N) is 1. The van der Waals surface area contributed by atoms with Gasteiger partial charge in [-0.3, -0.25) is 19.0 Å². The van der Waals surface area contributed by atoms with Crippen LogP contribution in [0.5, 0.6) is 0 Å². The van der Waals surface area contributed by atoms with E-state index in [1.54, 1.807) is 18.0 Å². The van der Waals surface area contributed by atoms with Crippen LogP contribution >= 0.6 is 0 Å². The largest absolute Gasteiger partial charge is 0.338 e. The van der Waals surface area contributed by atoms with E-state index in [1.165, 1.54) is 23.7 Å². The standard InChI is InChI=1S/C17H22N6O2/c1-21-15(13(11-18-21)17(25)22-8-4-9-22)16(24)19-14-7-10-23(20-14)12-5-2-3-6-12/h7,10-12H,2-6,8-9H2,1H3,(H,19,20,24). The summed E-state index contributed by atoms with van der Waals surface area (Å²) in [5, 5.41) is 11.4. The molecule has 3 heterocycles. The Labute approximate surface area is 145 Å². The van der Waals surface area contributed by atoms with Crippen LogP contribution < -0.4 is 5.32 Å². The summed E-state index contributed by atoms with van der Waals surface area (Å²) in [5.74, 6) is 0.00183. The summed E-state index contributed by atoms with van der Waals surface area (Å²) >= 11 is 0. The normalized spacial score (nSPS) is 17.6. The first kappa shape index (κ1) is 15.9. The summed E-state index contributed by atoms with van der Waals surface area (Å²) in [4.78, 5) is 26.9. The Morgan fingerprint density at radius 1 is 1.20 bits per heavy atom. The fraction of sp³-hybridized carbons (Fsp3) is 0.529. The van der Waals surface area contributed by atoms with E-state index in [4.69, 9.17) is 0 Å². The van der Waals surface area contributed by atoms with Gasteiger partial charge in [0.1, 0.15) is 5.69 Å².